The van der Waals surface area contributed by atoms with Gasteiger partial charge >= 0.3 is 6.18 Å². The monoisotopic (exact) mass is 369 g/mol. The summed E-state index contributed by atoms with van der Waals surface area (Å²) in [5.74, 6) is 0. The largest absolute Gasteiger partial charge is 0.431 e. The highest BCUT2D eigenvalue weighted by atomic mass is 35.5. The zero-order valence-electron chi connectivity index (χ0n) is 12.5. The molecular weight excluding hydrogens is 359 g/mol. The average Bonchev–Trinajstić information content (AvgIpc) is 2.54. The fourth-order valence-electron chi connectivity index (χ4n) is 2.34. The Kier molecular flexibility index (Phi) is 4.30. The first-order valence-corrected chi connectivity index (χ1v) is 7.48. The van der Waals surface area contributed by atoms with E-state index >= 15 is 0 Å². The number of pyridine rings is 2. The molecule has 0 amide bonds. The fourth-order valence-corrected chi connectivity index (χ4v) is 2.57. The predicted molar refractivity (Wildman–Crippen MR) is 89.0 cm³/mol. The molecule has 0 aliphatic heterocycles. The molecule has 3 N–H and O–H groups in total. The van der Waals surface area contributed by atoms with Crippen LogP contribution >= 0.6 is 11.6 Å². The molecule has 130 valence electrons. The van der Waals surface area contributed by atoms with Crippen molar-refractivity contribution in [3.63, 3.8) is 0 Å². The van der Waals surface area contributed by atoms with Gasteiger partial charge in [-0.15, -0.1) is 0 Å². The minimum absolute atomic E-state index is 0.0355. The number of H-pyrrole nitrogens is 2. The molecule has 0 bridgehead atoms. The number of anilines is 1. The summed E-state index contributed by atoms with van der Waals surface area (Å²) in [6, 6.07) is 8.50. The first-order chi connectivity index (χ1) is 11.8. The van der Waals surface area contributed by atoms with Crippen LogP contribution in [0.2, 0.25) is 5.02 Å². The number of hydrogen-bond acceptors (Lipinski definition) is 3. The van der Waals surface area contributed by atoms with E-state index in [1.807, 2.05) is 0 Å². The predicted octanol–water partition coefficient (Wildman–Crippen LogP) is 3.50. The molecule has 0 atom stereocenters. The van der Waals surface area contributed by atoms with Crippen LogP contribution in [0, 0.1) is 0 Å². The topological polar surface area (TPSA) is 77.8 Å². The Morgan fingerprint density at radius 1 is 1.04 bits per heavy atom. The molecule has 25 heavy (non-hydrogen) atoms. The maximum atomic E-state index is 12.5. The van der Waals surface area contributed by atoms with Crippen LogP contribution < -0.4 is 16.4 Å². The van der Waals surface area contributed by atoms with Crippen molar-refractivity contribution < 1.29 is 13.2 Å². The van der Waals surface area contributed by atoms with Gasteiger partial charge in [-0.2, -0.15) is 13.2 Å². The lowest BCUT2D eigenvalue weighted by molar-refractivity contribution is -0.141. The maximum Gasteiger partial charge on any atom is 0.431 e. The van der Waals surface area contributed by atoms with Gasteiger partial charge in [0.25, 0.3) is 11.1 Å². The molecule has 0 spiro atoms. The van der Waals surface area contributed by atoms with E-state index in [-0.39, 0.29) is 12.2 Å². The minimum Gasteiger partial charge on any atom is -0.376 e. The highest BCUT2D eigenvalue weighted by molar-refractivity contribution is 6.35. The van der Waals surface area contributed by atoms with Crippen molar-refractivity contribution in [3.8, 4) is 0 Å². The molecule has 3 aromatic rings. The third-order valence-corrected chi connectivity index (χ3v) is 3.90. The standard InChI is InChI=1S/C16H11ClF3N3O2/c17-10-3-1-2-8-6-9(14(24)23-13(8)10)7-21-11-4-5-12(16(18,19)20)22-15(11)25/h1-6,21H,7H2,(H,22,25)(H,23,24). The number of alkyl halides is 3. The summed E-state index contributed by atoms with van der Waals surface area (Å²) in [7, 11) is 0. The highest BCUT2D eigenvalue weighted by Gasteiger charge is 2.31. The van der Waals surface area contributed by atoms with E-state index in [1.165, 1.54) is 0 Å². The molecule has 5 nitrogen and oxygen atoms in total. The lowest BCUT2D eigenvalue weighted by Gasteiger charge is -2.09. The van der Waals surface area contributed by atoms with Crippen molar-refractivity contribution in [2.24, 2.45) is 0 Å². The summed E-state index contributed by atoms with van der Waals surface area (Å²) in [4.78, 5) is 28.2. The van der Waals surface area contributed by atoms with Gasteiger partial charge in [-0.25, -0.2) is 0 Å². The van der Waals surface area contributed by atoms with Crippen molar-refractivity contribution >= 4 is 28.2 Å². The zero-order chi connectivity index (χ0) is 18.2. The summed E-state index contributed by atoms with van der Waals surface area (Å²) >= 11 is 6.00. The molecule has 0 fully saturated rings. The van der Waals surface area contributed by atoms with Crippen LogP contribution in [0.4, 0.5) is 18.9 Å². The smallest absolute Gasteiger partial charge is 0.376 e. The van der Waals surface area contributed by atoms with Crippen LogP contribution in [0.1, 0.15) is 11.3 Å². The number of nitrogens with one attached hydrogen (secondary N) is 3. The number of rotatable bonds is 3. The SMILES string of the molecule is O=c1[nH]c2c(Cl)cccc2cc1CNc1ccc(C(F)(F)F)[nH]c1=O. The Balaban J connectivity index is 1.87. The first-order valence-electron chi connectivity index (χ1n) is 7.10. The van der Waals surface area contributed by atoms with Gasteiger partial charge in [0.2, 0.25) is 0 Å². The van der Waals surface area contributed by atoms with Crippen molar-refractivity contribution in [3.05, 3.63) is 73.4 Å². The molecule has 0 saturated carbocycles. The number of aromatic nitrogens is 2. The average molecular weight is 370 g/mol. The summed E-state index contributed by atoms with van der Waals surface area (Å²) in [6.45, 7) is -0.0355. The summed E-state index contributed by atoms with van der Waals surface area (Å²) < 4.78 is 37.6. The second-order valence-electron chi connectivity index (χ2n) is 5.29. The van der Waals surface area contributed by atoms with Gasteiger partial charge in [0, 0.05) is 17.5 Å². The highest BCUT2D eigenvalue weighted by Crippen LogP contribution is 2.27. The molecule has 0 aliphatic rings. The Bertz CT molecular complexity index is 1060. The molecular formula is C16H11ClF3N3O2. The third kappa shape index (κ3) is 3.53. The van der Waals surface area contributed by atoms with E-state index in [0.717, 1.165) is 12.1 Å². The van der Waals surface area contributed by atoms with Crippen molar-refractivity contribution in [1.29, 1.82) is 0 Å². The van der Waals surface area contributed by atoms with Crippen LogP contribution in [0.25, 0.3) is 10.9 Å². The van der Waals surface area contributed by atoms with E-state index in [4.69, 9.17) is 11.6 Å². The van der Waals surface area contributed by atoms with Crippen molar-refractivity contribution in [2.45, 2.75) is 12.7 Å². The Hall–Kier alpha value is -2.74. The van der Waals surface area contributed by atoms with Crippen molar-refractivity contribution in [1.82, 2.24) is 9.97 Å². The van der Waals surface area contributed by atoms with Gasteiger partial charge in [0.05, 0.1) is 10.5 Å². The molecule has 3 rings (SSSR count). The van der Waals surface area contributed by atoms with Gasteiger partial charge < -0.3 is 15.3 Å². The van der Waals surface area contributed by atoms with Gasteiger partial charge in [-0.05, 0) is 24.3 Å². The van der Waals surface area contributed by atoms with Gasteiger partial charge in [0.1, 0.15) is 11.4 Å². The second-order valence-corrected chi connectivity index (χ2v) is 5.70. The van der Waals surface area contributed by atoms with Crippen LogP contribution in [0.5, 0.6) is 0 Å². The van der Waals surface area contributed by atoms with E-state index in [0.29, 0.717) is 21.5 Å². The maximum absolute atomic E-state index is 12.5. The minimum atomic E-state index is -4.63. The molecule has 2 heterocycles. The van der Waals surface area contributed by atoms with E-state index < -0.39 is 23.0 Å². The molecule has 0 radical (unpaired) electrons. The quantitative estimate of drug-likeness (QED) is 0.661. The second kappa shape index (κ2) is 6.29. The third-order valence-electron chi connectivity index (χ3n) is 3.59. The number of halogens is 4. The number of hydrogen-bond donors (Lipinski definition) is 3. The van der Waals surface area contributed by atoms with E-state index in [2.05, 4.69) is 10.3 Å². The molecule has 9 heteroatoms. The number of fused-ring (bicyclic) bond motifs is 1. The van der Waals surface area contributed by atoms with Crippen LogP contribution in [-0.4, -0.2) is 9.97 Å². The number of aromatic amines is 2. The van der Waals surface area contributed by atoms with E-state index in [9.17, 15) is 22.8 Å². The van der Waals surface area contributed by atoms with Crippen LogP contribution in [0.15, 0.2) is 46.0 Å². The number of para-hydroxylation sites is 1. The molecule has 0 saturated heterocycles. The van der Waals surface area contributed by atoms with Crippen molar-refractivity contribution in [2.75, 3.05) is 5.32 Å². The summed E-state index contributed by atoms with van der Waals surface area (Å²) in [6.07, 6.45) is -4.63. The fraction of sp³-hybridized carbons (Fsp3) is 0.125. The van der Waals surface area contributed by atoms with Crippen LogP contribution in [0.3, 0.4) is 0 Å². The normalized spacial score (nSPS) is 11.7. The molecule has 1 aromatic carbocycles. The lowest BCUT2D eigenvalue weighted by atomic mass is 10.1. The summed E-state index contributed by atoms with van der Waals surface area (Å²) in [5, 5.41) is 3.76. The first kappa shape index (κ1) is 17.1. The van der Waals surface area contributed by atoms with E-state index in [1.54, 1.807) is 29.2 Å². The molecule has 0 aliphatic carbocycles. The van der Waals surface area contributed by atoms with Gasteiger partial charge in [0.15, 0.2) is 0 Å². The summed E-state index contributed by atoms with van der Waals surface area (Å²) in [5.41, 5.74) is -1.73. The Labute approximate surface area is 143 Å². The Morgan fingerprint density at radius 2 is 1.80 bits per heavy atom. The lowest BCUT2D eigenvalue weighted by Crippen LogP contribution is -2.21. The molecule has 2 aromatic heterocycles. The van der Waals surface area contributed by atoms with Gasteiger partial charge in [-0.1, -0.05) is 23.7 Å². The zero-order valence-corrected chi connectivity index (χ0v) is 13.3. The Morgan fingerprint density at radius 3 is 2.48 bits per heavy atom. The van der Waals surface area contributed by atoms with Crippen LogP contribution in [-0.2, 0) is 12.7 Å². The number of benzene rings is 1. The van der Waals surface area contributed by atoms with Gasteiger partial charge in [-0.3, -0.25) is 9.59 Å². The molecule has 0 unspecified atom stereocenters.